The molecule has 0 aromatic heterocycles. The minimum Gasteiger partial charge on any atom is -0.462 e. The minimum atomic E-state index is -0.337. The molecule has 1 unspecified atom stereocenters. The average Bonchev–Trinajstić information content (AvgIpc) is 2.91. The highest BCUT2D eigenvalue weighted by Gasteiger charge is 2.33. The van der Waals surface area contributed by atoms with Crippen LogP contribution in [0.3, 0.4) is 0 Å². The Balaban J connectivity index is 1.74. The Labute approximate surface area is 77.0 Å². The number of rotatable bonds is 3. The fraction of sp³-hybridized carbons (Fsp3) is 0.500. The van der Waals surface area contributed by atoms with Gasteiger partial charge < -0.3 is 9.47 Å². The van der Waals surface area contributed by atoms with E-state index >= 15 is 0 Å². The van der Waals surface area contributed by atoms with Gasteiger partial charge in [-0.2, -0.15) is 0 Å². The van der Waals surface area contributed by atoms with Gasteiger partial charge in [0, 0.05) is 24.8 Å². The van der Waals surface area contributed by atoms with Crippen molar-refractivity contribution in [2.24, 2.45) is 5.92 Å². The van der Waals surface area contributed by atoms with E-state index in [0.29, 0.717) is 12.5 Å². The molecular formula is C10H12O3. The summed E-state index contributed by atoms with van der Waals surface area (Å²) < 4.78 is 10.2. The van der Waals surface area contributed by atoms with Gasteiger partial charge in [-0.05, 0) is 6.42 Å². The van der Waals surface area contributed by atoms with Gasteiger partial charge in [0.15, 0.2) is 0 Å². The van der Waals surface area contributed by atoms with Gasteiger partial charge >= 0.3 is 5.97 Å². The zero-order valence-corrected chi connectivity index (χ0v) is 7.41. The fourth-order valence-corrected chi connectivity index (χ4v) is 1.57. The maximum Gasteiger partial charge on any atom is 0.330 e. The highest BCUT2D eigenvalue weighted by molar-refractivity contribution is 5.81. The molecule has 3 nitrogen and oxygen atoms in total. The van der Waals surface area contributed by atoms with Crippen molar-refractivity contribution in [3.63, 3.8) is 0 Å². The summed E-state index contributed by atoms with van der Waals surface area (Å²) in [6, 6.07) is 0. The van der Waals surface area contributed by atoms with Crippen molar-refractivity contribution >= 4 is 5.97 Å². The minimum absolute atomic E-state index is 0.337. The van der Waals surface area contributed by atoms with E-state index in [2.05, 4.69) is 6.58 Å². The number of ether oxygens (including phenoxy) is 2. The number of allylic oxidation sites excluding steroid dienone is 2. The highest BCUT2D eigenvalue weighted by Crippen LogP contribution is 2.42. The number of carbonyl (C=O) groups is 1. The average molecular weight is 180 g/mol. The molecule has 1 heterocycles. The standard InChI is InChI=1S/C10H12O3/c1-2-10(11)12-6-7-3-4-8-9(5-7)13-8/h2,7H,1,3-6H2. The van der Waals surface area contributed by atoms with Gasteiger partial charge in [-0.1, -0.05) is 6.58 Å². The lowest BCUT2D eigenvalue weighted by Gasteiger charge is -2.13. The number of hydrogen-bond donors (Lipinski definition) is 0. The Kier molecular flexibility index (Phi) is 2.08. The smallest absolute Gasteiger partial charge is 0.330 e. The van der Waals surface area contributed by atoms with E-state index < -0.39 is 0 Å². The lowest BCUT2D eigenvalue weighted by atomic mass is 9.95. The van der Waals surface area contributed by atoms with Crippen LogP contribution in [0, 0.1) is 5.92 Å². The third kappa shape index (κ3) is 1.91. The van der Waals surface area contributed by atoms with Gasteiger partial charge in [0.25, 0.3) is 0 Å². The molecule has 3 heteroatoms. The summed E-state index contributed by atoms with van der Waals surface area (Å²) in [4.78, 5) is 10.8. The molecule has 0 aromatic rings. The number of hydrogen-bond acceptors (Lipinski definition) is 3. The van der Waals surface area contributed by atoms with Crippen LogP contribution in [-0.4, -0.2) is 12.6 Å². The predicted octanol–water partition coefficient (Wildman–Crippen LogP) is 1.76. The van der Waals surface area contributed by atoms with Crippen LogP contribution in [0.4, 0.5) is 0 Å². The molecule has 0 saturated heterocycles. The Morgan fingerprint density at radius 1 is 1.69 bits per heavy atom. The van der Waals surface area contributed by atoms with Gasteiger partial charge in [0.2, 0.25) is 0 Å². The molecule has 0 bridgehead atoms. The summed E-state index contributed by atoms with van der Waals surface area (Å²) in [7, 11) is 0. The van der Waals surface area contributed by atoms with Crippen LogP contribution in [0.1, 0.15) is 19.3 Å². The lowest BCUT2D eigenvalue weighted by Crippen LogP contribution is -2.13. The van der Waals surface area contributed by atoms with Crippen LogP contribution in [-0.2, 0) is 14.3 Å². The molecule has 0 aromatic carbocycles. The summed E-state index contributed by atoms with van der Waals surface area (Å²) >= 11 is 0. The van der Waals surface area contributed by atoms with E-state index in [1.54, 1.807) is 0 Å². The third-order valence-corrected chi connectivity index (χ3v) is 2.40. The van der Waals surface area contributed by atoms with Crippen LogP contribution in [0.25, 0.3) is 0 Å². The SMILES string of the molecule is C=CC(=O)OCC1CCC2=C(C1)O2. The molecule has 2 rings (SSSR count). The molecule has 0 radical (unpaired) electrons. The van der Waals surface area contributed by atoms with Gasteiger partial charge in [-0.15, -0.1) is 0 Å². The molecule has 0 saturated carbocycles. The second-order valence-corrected chi connectivity index (χ2v) is 3.39. The molecule has 0 amide bonds. The number of esters is 1. The van der Waals surface area contributed by atoms with E-state index in [1.807, 2.05) is 0 Å². The number of carbonyl (C=O) groups excluding carboxylic acids is 1. The molecule has 2 aliphatic rings. The van der Waals surface area contributed by atoms with Crippen molar-refractivity contribution in [2.45, 2.75) is 19.3 Å². The lowest BCUT2D eigenvalue weighted by molar-refractivity contribution is -0.139. The highest BCUT2D eigenvalue weighted by atomic mass is 16.6. The molecule has 13 heavy (non-hydrogen) atoms. The topological polar surface area (TPSA) is 38.8 Å². The van der Waals surface area contributed by atoms with Crippen molar-refractivity contribution in [3.8, 4) is 0 Å². The van der Waals surface area contributed by atoms with Crippen molar-refractivity contribution in [1.82, 2.24) is 0 Å². The molecule has 0 N–H and O–H groups in total. The Hall–Kier alpha value is -1.25. The van der Waals surface area contributed by atoms with Crippen molar-refractivity contribution in [1.29, 1.82) is 0 Å². The first-order chi connectivity index (χ1) is 6.29. The molecule has 0 spiro atoms. The Bertz CT molecular complexity index is 278. The van der Waals surface area contributed by atoms with E-state index in [4.69, 9.17) is 9.47 Å². The van der Waals surface area contributed by atoms with Crippen LogP contribution >= 0.6 is 0 Å². The fourth-order valence-electron chi connectivity index (χ4n) is 1.57. The quantitative estimate of drug-likeness (QED) is 0.490. The van der Waals surface area contributed by atoms with Crippen LogP contribution < -0.4 is 0 Å². The van der Waals surface area contributed by atoms with E-state index in [0.717, 1.165) is 30.8 Å². The van der Waals surface area contributed by atoms with E-state index in [1.165, 1.54) is 6.08 Å². The third-order valence-electron chi connectivity index (χ3n) is 2.40. The summed E-state index contributed by atoms with van der Waals surface area (Å²) in [5, 5.41) is 0. The molecule has 1 aliphatic heterocycles. The monoisotopic (exact) mass is 180 g/mol. The molecular weight excluding hydrogens is 168 g/mol. The maximum atomic E-state index is 10.8. The second-order valence-electron chi connectivity index (χ2n) is 3.39. The van der Waals surface area contributed by atoms with Gasteiger partial charge in [-0.3, -0.25) is 0 Å². The van der Waals surface area contributed by atoms with Crippen molar-refractivity contribution in [3.05, 3.63) is 24.2 Å². The van der Waals surface area contributed by atoms with E-state index in [9.17, 15) is 4.79 Å². The van der Waals surface area contributed by atoms with Crippen molar-refractivity contribution < 1.29 is 14.3 Å². The Morgan fingerprint density at radius 2 is 2.54 bits per heavy atom. The Morgan fingerprint density at radius 3 is 3.23 bits per heavy atom. The van der Waals surface area contributed by atoms with Gasteiger partial charge in [0.1, 0.15) is 11.5 Å². The summed E-state index contributed by atoms with van der Waals surface area (Å²) in [5.74, 6) is 2.37. The summed E-state index contributed by atoms with van der Waals surface area (Å²) in [5.41, 5.74) is 0. The van der Waals surface area contributed by atoms with Crippen LogP contribution in [0.2, 0.25) is 0 Å². The zero-order valence-electron chi connectivity index (χ0n) is 7.41. The molecule has 70 valence electrons. The summed E-state index contributed by atoms with van der Waals surface area (Å²) in [6.45, 7) is 3.83. The van der Waals surface area contributed by atoms with Gasteiger partial charge in [0.05, 0.1) is 6.61 Å². The summed E-state index contributed by atoms with van der Waals surface area (Å²) in [6.07, 6.45) is 4.19. The van der Waals surface area contributed by atoms with E-state index in [-0.39, 0.29) is 5.97 Å². The van der Waals surface area contributed by atoms with Gasteiger partial charge in [-0.25, -0.2) is 4.79 Å². The predicted molar refractivity (Wildman–Crippen MR) is 46.6 cm³/mol. The molecule has 1 atom stereocenters. The van der Waals surface area contributed by atoms with Crippen LogP contribution in [0.5, 0.6) is 0 Å². The largest absolute Gasteiger partial charge is 0.462 e. The molecule has 1 aliphatic carbocycles. The normalized spacial score (nSPS) is 24.5. The van der Waals surface area contributed by atoms with Crippen molar-refractivity contribution in [2.75, 3.05) is 6.61 Å². The molecule has 0 fully saturated rings. The second kappa shape index (κ2) is 3.24. The first kappa shape index (κ1) is 8.35. The zero-order chi connectivity index (χ0) is 9.26. The first-order valence-electron chi connectivity index (χ1n) is 4.48. The van der Waals surface area contributed by atoms with Crippen LogP contribution in [0.15, 0.2) is 24.2 Å². The first-order valence-corrected chi connectivity index (χ1v) is 4.48. The maximum absolute atomic E-state index is 10.8.